The number of carbonyl (C=O) groups is 2. The molecule has 9 heteroatoms. The molecule has 0 saturated heterocycles. The lowest BCUT2D eigenvalue weighted by atomic mass is 10.0. The van der Waals surface area contributed by atoms with Crippen LogP contribution in [-0.4, -0.2) is 43.8 Å². The first kappa shape index (κ1) is 33.7. The van der Waals surface area contributed by atoms with Crippen molar-refractivity contribution in [3.63, 3.8) is 0 Å². The second-order valence-electron chi connectivity index (χ2n) is 11.6. The second kappa shape index (κ2) is 14.8. The van der Waals surface area contributed by atoms with Gasteiger partial charge in [-0.05, 0) is 81.6 Å². The van der Waals surface area contributed by atoms with Crippen molar-refractivity contribution in [2.45, 2.75) is 64.6 Å². The van der Waals surface area contributed by atoms with E-state index in [-0.39, 0.29) is 29.8 Å². The SMILES string of the molecule is Cc1ccc(CN(C(=O)CN(c2ccc(Cl)cc2C)S(=O)(=O)c2ccc(C)cc2)[C@H](Cc2ccccc2)C(=O)NC(C)C)cc1. The Balaban J connectivity index is 1.82. The van der Waals surface area contributed by atoms with Gasteiger partial charge in [0.25, 0.3) is 10.0 Å². The number of rotatable bonds is 12. The highest BCUT2D eigenvalue weighted by molar-refractivity contribution is 7.92. The van der Waals surface area contributed by atoms with E-state index >= 15 is 0 Å². The number of anilines is 1. The zero-order valence-electron chi connectivity index (χ0n) is 26.3. The number of nitrogens with one attached hydrogen (secondary N) is 1. The van der Waals surface area contributed by atoms with E-state index in [0.29, 0.717) is 16.3 Å². The van der Waals surface area contributed by atoms with Crippen LogP contribution in [0.4, 0.5) is 5.69 Å². The Hall–Kier alpha value is -4.14. The molecule has 0 aliphatic heterocycles. The summed E-state index contributed by atoms with van der Waals surface area (Å²) in [4.78, 5) is 29.9. The fourth-order valence-electron chi connectivity index (χ4n) is 5.07. The minimum absolute atomic E-state index is 0.0544. The molecule has 4 aromatic carbocycles. The maximum Gasteiger partial charge on any atom is 0.264 e. The second-order valence-corrected chi connectivity index (χ2v) is 13.9. The molecule has 1 atom stereocenters. The van der Waals surface area contributed by atoms with Gasteiger partial charge in [-0.2, -0.15) is 0 Å². The molecule has 1 N–H and O–H groups in total. The summed E-state index contributed by atoms with van der Waals surface area (Å²) < 4.78 is 29.6. The van der Waals surface area contributed by atoms with Crippen molar-refractivity contribution < 1.29 is 18.0 Å². The molecule has 0 aromatic heterocycles. The molecule has 0 aliphatic carbocycles. The van der Waals surface area contributed by atoms with Crippen LogP contribution in [-0.2, 0) is 32.6 Å². The number of sulfonamides is 1. The number of aryl methyl sites for hydroxylation is 3. The Labute approximate surface area is 271 Å². The van der Waals surface area contributed by atoms with Crippen LogP contribution in [0.1, 0.15) is 41.7 Å². The van der Waals surface area contributed by atoms with Gasteiger partial charge in [0.1, 0.15) is 12.6 Å². The van der Waals surface area contributed by atoms with Gasteiger partial charge in [0.2, 0.25) is 11.8 Å². The lowest BCUT2D eigenvalue weighted by molar-refractivity contribution is -0.140. The Bertz CT molecular complexity index is 1720. The quantitative estimate of drug-likeness (QED) is 0.188. The van der Waals surface area contributed by atoms with Crippen LogP contribution in [0.2, 0.25) is 5.02 Å². The lowest BCUT2D eigenvalue weighted by Crippen LogP contribution is -2.54. The van der Waals surface area contributed by atoms with Crippen molar-refractivity contribution in [3.05, 3.63) is 130 Å². The third-order valence-corrected chi connectivity index (χ3v) is 9.50. The van der Waals surface area contributed by atoms with E-state index in [4.69, 9.17) is 11.6 Å². The van der Waals surface area contributed by atoms with Crippen molar-refractivity contribution in [2.75, 3.05) is 10.8 Å². The Morgan fingerprint density at radius 1 is 0.800 bits per heavy atom. The van der Waals surface area contributed by atoms with Crippen molar-refractivity contribution in [2.24, 2.45) is 0 Å². The smallest absolute Gasteiger partial charge is 0.264 e. The van der Waals surface area contributed by atoms with Gasteiger partial charge in [-0.15, -0.1) is 0 Å². The molecule has 0 fully saturated rings. The maximum atomic E-state index is 14.5. The summed E-state index contributed by atoms with van der Waals surface area (Å²) >= 11 is 6.24. The van der Waals surface area contributed by atoms with Crippen LogP contribution in [0.25, 0.3) is 0 Å². The highest BCUT2D eigenvalue weighted by atomic mass is 35.5. The van der Waals surface area contributed by atoms with E-state index in [2.05, 4.69) is 5.32 Å². The van der Waals surface area contributed by atoms with Gasteiger partial charge >= 0.3 is 0 Å². The molecule has 7 nitrogen and oxygen atoms in total. The van der Waals surface area contributed by atoms with Crippen molar-refractivity contribution >= 4 is 39.1 Å². The number of carbonyl (C=O) groups excluding carboxylic acids is 2. The summed E-state index contributed by atoms with van der Waals surface area (Å²) in [5.74, 6) is -0.828. The van der Waals surface area contributed by atoms with Crippen LogP contribution in [0.3, 0.4) is 0 Å². The van der Waals surface area contributed by atoms with Crippen LogP contribution >= 0.6 is 11.6 Å². The molecule has 236 valence electrons. The standard InChI is InChI=1S/C36H40ClN3O4S/c1-25(2)38-36(42)34(22-29-9-7-6-8-10-29)39(23-30-15-11-26(3)12-16-30)35(41)24-40(33-20-17-31(37)21-28(33)5)45(43,44)32-18-13-27(4)14-19-32/h6-21,25,34H,22-24H2,1-5H3,(H,38,42)/t34-/m1/s1. The molecule has 45 heavy (non-hydrogen) atoms. The van der Waals surface area contributed by atoms with Gasteiger partial charge in [0.15, 0.2) is 0 Å². The normalized spacial score (nSPS) is 12.1. The van der Waals surface area contributed by atoms with Crippen LogP contribution in [0.15, 0.2) is 102 Å². The lowest BCUT2D eigenvalue weighted by Gasteiger charge is -2.34. The van der Waals surface area contributed by atoms with Gasteiger partial charge in [0.05, 0.1) is 10.6 Å². The van der Waals surface area contributed by atoms with Crippen LogP contribution in [0, 0.1) is 20.8 Å². The molecule has 4 rings (SSSR count). The van der Waals surface area contributed by atoms with E-state index in [0.717, 1.165) is 26.6 Å². The maximum absolute atomic E-state index is 14.5. The molecule has 0 radical (unpaired) electrons. The molecule has 0 bridgehead atoms. The molecular weight excluding hydrogens is 606 g/mol. The first-order valence-electron chi connectivity index (χ1n) is 14.9. The molecule has 0 saturated carbocycles. The van der Waals surface area contributed by atoms with E-state index in [1.807, 2.05) is 82.3 Å². The van der Waals surface area contributed by atoms with E-state index in [9.17, 15) is 18.0 Å². The largest absolute Gasteiger partial charge is 0.352 e. The average Bonchev–Trinajstić information content (AvgIpc) is 2.99. The third-order valence-electron chi connectivity index (χ3n) is 7.49. The number of hydrogen-bond donors (Lipinski definition) is 1. The van der Waals surface area contributed by atoms with Gasteiger partial charge in [-0.25, -0.2) is 8.42 Å². The van der Waals surface area contributed by atoms with Crippen LogP contribution in [0.5, 0.6) is 0 Å². The topological polar surface area (TPSA) is 86.8 Å². The van der Waals surface area contributed by atoms with Gasteiger partial charge in [0, 0.05) is 24.0 Å². The Morgan fingerprint density at radius 3 is 1.98 bits per heavy atom. The first-order valence-corrected chi connectivity index (χ1v) is 16.7. The highest BCUT2D eigenvalue weighted by Gasteiger charge is 2.35. The van der Waals surface area contributed by atoms with E-state index in [1.54, 1.807) is 37.3 Å². The summed E-state index contributed by atoms with van der Waals surface area (Å²) in [5, 5.41) is 3.42. The van der Waals surface area contributed by atoms with Crippen molar-refractivity contribution in [1.29, 1.82) is 0 Å². The van der Waals surface area contributed by atoms with Crippen molar-refractivity contribution in [3.8, 4) is 0 Å². The summed E-state index contributed by atoms with van der Waals surface area (Å²) in [5.41, 5.74) is 4.58. The molecule has 4 aromatic rings. The monoisotopic (exact) mass is 645 g/mol. The molecular formula is C36H40ClN3O4S. The minimum atomic E-state index is -4.19. The minimum Gasteiger partial charge on any atom is -0.352 e. The summed E-state index contributed by atoms with van der Waals surface area (Å²) in [6, 6.07) is 27.5. The fraction of sp³-hybridized carbons (Fsp3) is 0.278. The number of nitrogens with zero attached hydrogens (tertiary/aromatic N) is 2. The third kappa shape index (κ3) is 8.74. The average molecular weight is 646 g/mol. The zero-order valence-corrected chi connectivity index (χ0v) is 27.9. The van der Waals surface area contributed by atoms with Gasteiger partial charge < -0.3 is 10.2 Å². The first-order chi connectivity index (χ1) is 21.3. The summed E-state index contributed by atoms with van der Waals surface area (Å²) in [6.07, 6.45) is 0.252. The van der Waals surface area contributed by atoms with Crippen molar-refractivity contribution in [1.82, 2.24) is 10.2 Å². The number of hydrogen-bond acceptors (Lipinski definition) is 4. The molecule has 0 aliphatic rings. The Kier molecular flexibility index (Phi) is 11.1. The van der Waals surface area contributed by atoms with E-state index in [1.165, 1.54) is 17.0 Å². The van der Waals surface area contributed by atoms with Gasteiger partial charge in [-0.1, -0.05) is 89.5 Å². The molecule has 0 heterocycles. The fourth-order valence-corrected chi connectivity index (χ4v) is 6.78. The predicted octanol–water partition coefficient (Wildman–Crippen LogP) is 6.63. The number of benzene rings is 4. The van der Waals surface area contributed by atoms with Gasteiger partial charge in [-0.3, -0.25) is 13.9 Å². The zero-order chi connectivity index (χ0) is 32.7. The molecule has 2 amide bonds. The Morgan fingerprint density at radius 2 is 1.40 bits per heavy atom. The number of amides is 2. The number of halogens is 1. The summed E-state index contributed by atoms with van der Waals surface area (Å²) in [6.45, 7) is 8.92. The molecule has 0 unspecified atom stereocenters. The summed E-state index contributed by atoms with van der Waals surface area (Å²) in [7, 11) is -4.19. The highest BCUT2D eigenvalue weighted by Crippen LogP contribution is 2.30. The van der Waals surface area contributed by atoms with Crippen LogP contribution < -0.4 is 9.62 Å². The van der Waals surface area contributed by atoms with E-state index < -0.39 is 28.5 Å². The molecule has 0 spiro atoms. The predicted molar refractivity (Wildman–Crippen MR) is 181 cm³/mol.